The number of hydrogen-bond acceptors (Lipinski definition) is 4. The zero-order chi connectivity index (χ0) is 14.7. The molecule has 2 aromatic carbocycles. The third-order valence-electron chi connectivity index (χ3n) is 2.63. The van der Waals surface area contributed by atoms with Crippen LogP contribution in [-0.4, -0.2) is 17.0 Å². The van der Waals surface area contributed by atoms with Crippen LogP contribution in [0, 0.1) is 0 Å². The van der Waals surface area contributed by atoms with E-state index in [-0.39, 0.29) is 11.3 Å². The molecule has 0 saturated heterocycles. The van der Waals surface area contributed by atoms with E-state index in [1.807, 2.05) is 0 Å². The van der Waals surface area contributed by atoms with E-state index in [0.29, 0.717) is 17.1 Å². The number of primary amides is 1. The maximum absolute atomic E-state index is 10.9. The predicted molar refractivity (Wildman–Crippen MR) is 72.8 cm³/mol. The summed E-state index contributed by atoms with van der Waals surface area (Å²) in [5.74, 6) is -0.733. The smallest absolute Gasteiger partial charge is 0.337 e. The Morgan fingerprint density at radius 2 is 1.60 bits per heavy atom. The van der Waals surface area contributed by atoms with Crippen LogP contribution in [0.1, 0.15) is 20.7 Å². The van der Waals surface area contributed by atoms with Crippen LogP contribution < -0.4 is 16.2 Å². The molecule has 0 heterocycles. The first kappa shape index (κ1) is 13.4. The minimum absolute atomic E-state index is 0.0152. The average molecular weight is 272 g/mol. The molecule has 5 N–H and O–H groups in total. The summed E-state index contributed by atoms with van der Waals surface area (Å²) in [7, 11) is 0. The van der Waals surface area contributed by atoms with E-state index in [1.54, 1.807) is 12.1 Å². The second-order valence-corrected chi connectivity index (χ2v) is 4.04. The number of hydrogen-bond donors (Lipinski definition) is 3. The zero-order valence-corrected chi connectivity index (χ0v) is 10.4. The monoisotopic (exact) mass is 272 g/mol. The van der Waals surface area contributed by atoms with Gasteiger partial charge in [0.05, 0.1) is 5.56 Å². The number of carboxylic acid groups (broad SMARTS) is 1. The highest BCUT2D eigenvalue weighted by atomic mass is 16.5. The standard InChI is InChI=1S/C14H12N2O4/c15-12-7-10(5-6-11(12)14(18)19)20-9-3-1-8(2-4-9)13(16)17/h1-7H,15H2,(H2,16,17)(H,18,19). The molecule has 2 rings (SSSR count). The molecule has 0 spiro atoms. The van der Waals surface area contributed by atoms with Gasteiger partial charge in [-0.05, 0) is 36.4 Å². The van der Waals surface area contributed by atoms with Crippen molar-refractivity contribution in [2.75, 3.05) is 5.73 Å². The molecule has 6 heteroatoms. The fourth-order valence-electron chi connectivity index (χ4n) is 1.62. The third kappa shape index (κ3) is 2.86. The fourth-order valence-corrected chi connectivity index (χ4v) is 1.62. The lowest BCUT2D eigenvalue weighted by molar-refractivity contribution is 0.0698. The molecule has 0 unspecified atom stereocenters. The molecular weight excluding hydrogens is 260 g/mol. The number of amides is 1. The Kier molecular flexibility index (Phi) is 3.56. The van der Waals surface area contributed by atoms with Gasteiger partial charge in [0, 0.05) is 17.3 Å². The summed E-state index contributed by atoms with van der Waals surface area (Å²) in [5.41, 5.74) is 11.3. The molecule has 0 saturated carbocycles. The molecule has 0 aromatic heterocycles. The molecule has 0 aliphatic rings. The molecule has 20 heavy (non-hydrogen) atoms. The summed E-state index contributed by atoms with van der Waals surface area (Å²) in [6.07, 6.45) is 0. The van der Waals surface area contributed by atoms with Crippen LogP contribution in [0.3, 0.4) is 0 Å². The Hall–Kier alpha value is -3.02. The van der Waals surface area contributed by atoms with Gasteiger partial charge >= 0.3 is 5.97 Å². The highest BCUT2D eigenvalue weighted by molar-refractivity contribution is 5.94. The number of ether oxygens (including phenoxy) is 1. The highest BCUT2D eigenvalue weighted by Gasteiger charge is 2.09. The topological polar surface area (TPSA) is 116 Å². The number of carboxylic acids is 1. The van der Waals surface area contributed by atoms with Crippen LogP contribution in [0.15, 0.2) is 42.5 Å². The van der Waals surface area contributed by atoms with Gasteiger partial charge in [0.1, 0.15) is 11.5 Å². The zero-order valence-electron chi connectivity index (χ0n) is 10.4. The second-order valence-electron chi connectivity index (χ2n) is 4.04. The first-order valence-electron chi connectivity index (χ1n) is 5.68. The van der Waals surface area contributed by atoms with Crippen LogP contribution in [0.25, 0.3) is 0 Å². The fraction of sp³-hybridized carbons (Fsp3) is 0. The number of nitrogens with two attached hydrogens (primary N) is 2. The van der Waals surface area contributed by atoms with Crippen LogP contribution in [0.2, 0.25) is 0 Å². The van der Waals surface area contributed by atoms with E-state index >= 15 is 0 Å². The molecule has 0 aliphatic heterocycles. The predicted octanol–water partition coefficient (Wildman–Crippen LogP) is 1.86. The van der Waals surface area contributed by atoms with Gasteiger partial charge in [0.15, 0.2) is 0 Å². The summed E-state index contributed by atoms with van der Waals surface area (Å²) in [6.45, 7) is 0. The van der Waals surface area contributed by atoms with Crippen molar-refractivity contribution in [1.82, 2.24) is 0 Å². The lowest BCUT2D eigenvalue weighted by Crippen LogP contribution is -2.10. The van der Waals surface area contributed by atoms with Gasteiger partial charge in [-0.3, -0.25) is 4.79 Å². The van der Waals surface area contributed by atoms with E-state index in [1.165, 1.54) is 30.3 Å². The van der Waals surface area contributed by atoms with E-state index in [2.05, 4.69) is 0 Å². The number of anilines is 1. The van der Waals surface area contributed by atoms with Crippen LogP contribution >= 0.6 is 0 Å². The van der Waals surface area contributed by atoms with Crippen molar-refractivity contribution in [1.29, 1.82) is 0 Å². The first-order valence-corrected chi connectivity index (χ1v) is 5.68. The lowest BCUT2D eigenvalue weighted by Gasteiger charge is -2.08. The summed E-state index contributed by atoms with van der Waals surface area (Å²) in [5, 5.41) is 8.86. The van der Waals surface area contributed by atoms with E-state index < -0.39 is 11.9 Å². The highest BCUT2D eigenvalue weighted by Crippen LogP contribution is 2.25. The number of nitrogen functional groups attached to an aromatic ring is 1. The lowest BCUT2D eigenvalue weighted by atomic mass is 10.1. The van der Waals surface area contributed by atoms with Gasteiger partial charge in [0.25, 0.3) is 0 Å². The van der Waals surface area contributed by atoms with Gasteiger partial charge in [-0.1, -0.05) is 0 Å². The Morgan fingerprint density at radius 1 is 1.00 bits per heavy atom. The van der Waals surface area contributed by atoms with E-state index in [9.17, 15) is 9.59 Å². The van der Waals surface area contributed by atoms with Crippen LogP contribution in [-0.2, 0) is 0 Å². The van der Waals surface area contributed by atoms with Crippen molar-refractivity contribution in [3.63, 3.8) is 0 Å². The van der Waals surface area contributed by atoms with Crippen LogP contribution in [0.4, 0.5) is 5.69 Å². The van der Waals surface area contributed by atoms with E-state index in [4.69, 9.17) is 21.3 Å². The Bertz CT molecular complexity index is 665. The van der Waals surface area contributed by atoms with Crippen molar-refractivity contribution in [2.45, 2.75) is 0 Å². The maximum atomic E-state index is 10.9. The molecule has 0 radical (unpaired) electrons. The number of benzene rings is 2. The first-order chi connectivity index (χ1) is 9.47. The SMILES string of the molecule is NC(=O)c1ccc(Oc2ccc(C(=O)O)c(N)c2)cc1. The minimum Gasteiger partial charge on any atom is -0.478 e. The summed E-state index contributed by atoms with van der Waals surface area (Å²) in [6, 6.07) is 10.5. The third-order valence-corrected chi connectivity index (χ3v) is 2.63. The van der Waals surface area contributed by atoms with Gasteiger partial charge in [0.2, 0.25) is 5.91 Å². The van der Waals surface area contributed by atoms with Crippen LogP contribution in [0.5, 0.6) is 11.5 Å². The summed E-state index contributed by atoms with van der Waals surface area (Å²) in [4.78, 5) is 21.8. The molecule has 1 amide bonds. The van der Waals surface area contributed by atoms with Crippen molar-refractivity contribution < 1.29 is 19.4 Å². The van der Waals surface area contributed by atoms with Gasteiger partial charge in [-0.2, -0.15) is 0 Å². The second kappa shape index (κ2) is 5.31. The normalized spacial score (nSPS) is 10.0. The Labute approximate surface area is 114 Å². The maximum Gasteiger partial charge on any atom is 0.337 e. The quantitative estimate of drug-likeness (QED) is 0.734. The van der Waals surface area contributed by atoms with Crippen molar-refractivity contribution >= 4 is 17.6 Å². The van der Waals surface area contributed by atoms with Crippen molar-refractivity contribution in [2.24, 2.45) is 5.73 Å². The summed E-state index contributed by atoms with van der Waals surface area (Å²) >= 11 is 0. The Balaban J connectivity index is 2.19. The molecule has 6 nitrogen and oxygen atoms in total. The van der Waals surface area contributed by atoms with Crippen molar-refractivity contribution in [3.05, 3.63) is 53.6 Å². The molecule has 0 atom stereocenters. The van der Waals surface area contributed by atoms with Gasteiger partial charge < -0.3 is 21.3 Å². The molecule has 0 aliphatic carbocycles. The molecule has 102 valence electrons. The molecule has 0 fully saturated rings. The van der Waals surface area contributed by atoms with Gasteiger partial charge in [-0.25, -0.2) is 4.79 Å². The van der Waals surface area contributed by atoms with Crippen molar-refractivity contribution in [3.8, 4) is 11.5 Å². The van der Waals surface area contributed by atoms with E-state index in [0.717, 1.165) is 0 Å². The van der Waals surface area contributed by atoms with Gasteiger partial charge in [-0.15, -0.1) is 0 Å². The minimum atomic E-state index is -1.10. The largest absolute Gasteiger partial charge is 0.478 e. The number of rotatable bonds is 4. The molecule has 2 aromatic rings. The Morgan fingerprint density at radius 3 is 2.10 bits per heavy atom. The molecule has 0 bridgehead atoms. The number of carbonyl (C=O) groups excluding carboxylic acids is 1. The number of carbonyl (C=O) groups is 2. The number of aromatic carboxylic acids is 1. The summed E-state index contributed by atoms with van der Waals surface area (Å²) < 4.78 is 5.50. The molecular formula is C14H12N2O4. The average Bonchev–Trinajstić information content (AvgIpc) is 2.39.